The minimum absolute atomic E-state index is 0.369. The molecule has 1 aromatic heterocycles. The number of aromatic nitrogens is 1. The number of methoxy groups -OCH3 is 1. The van der Waals surface area contributed by atoms with Crippen LogP contribution in [-0.4, -0.2) is 66.6 Å². The zero-order valence-electron chi connectivity index (χ0n) is 16.9. The first kappa shape index (κ1) is 20.7. The van der Waals surface area contributed by atoms with Gasteiger partial charge in [-0.2, -0.15) is 0 Å². The second kappa shape index (κ2) is 8.96. The molecule has 0 saturated carbocycles. The second-order valence-electron chi connectivity index (χ2n) is 7.29. The van der Waals surface area contributed by atoms with Crippen LogP contribution in [0.5, 0.6) is 5.75 Å². The maximum atomic E-state index is 13.2. The largest absolute Gasteiger partial charge is 0.497 e. The number of amides is 1. The van der Waals surface area contributed by atoms with Gasteiger partial charge in [-0.3, -0.25) is 19.4 Å². The average molecular weight is 395 g/mol. The third-order valence-electron chi connectivity index (χ3n) is 5.06. The summed E-state index contributed by atoms with van der Waals surface area (Å²) in [5.74, 6) is -2.17. The Kier molecular flexibility index (Phi) is 6.39. The summed E-state index contributed by atoms with van der Waals surface area (Å²) in [6.45, 7) is 1.15. The fraction of sp³-hybridized carbons (Fsp3) is 0.364. The van der Waals surface area contributed by atoms with Crippen molar-refractivity contribution < 1.29 is 19.1 Å². The van der Waals surface area contributed by atoms with Crippen LogP contribution in [0.3, 0.4) is 0 Å². The van der Waals surface area contributed by atoms with Crippen molar-refractivity contribution in [1.29, 1.82) is 0 Å². The van der Waals surface area contributed by atoms with Crippen molar-refractivity contribution in [2.45, 2.75) is 12.5 Å². The summed E-state index contributed by atoms with van der Waals surface area (Å²) in [5.41, 5.74) is 0.913. The van der Waals surface area contributed by atoms with Crippen molar-refractivity contribution in [3.63, 3.8) is 0 Å². The number of benzene rings is 1. The summed E-state index contributed by atoms with van der Waals surface area (Å²) in [5, 5.41) is 0. The Morgan fingerprint density at radius 3 is 2.45 bits per heavy atom. The number of carbonyl (C=O) groups excluding carboxylic acids is 3. The van der Waals surface area contributed by atoms with Gasteiger partial charge in [-0.25, -0.2) is 0 Å². The van der Waals surface area contributed by atoms with E-state index in [0.29, 0.717) is 30.0 Å². The summed E-state index contributed by atoms with van der Waals surface area (Å²) in [7, 11) is 5.44. The van der Waals surface area contributed by atoms with Crippen LogP contribution < -0.4 is 4.74 Å². The molecule has 1 amide bonds. The van der Waals surface area contributed by atoms with Gasteiger partial charge in [0, 0.05) is 18.3 Å². The topological polar surface area (TPSA) is 79.8 Å². The van der Waals surface area contributed by atoms with Crippen molar-refractivity contribution >= 4 is 17.5 Å². The fourth-order valence-electron chi connectivity index (χ4n) is 3.60. The molecule has 1 aliphatic rings. The zero-order chi connectivity index (χ0) is 21.0. The molecule has 0 radical (unpaired) electrons. The molecule has 2 heterocycles. The molecule has 0 spiro atoms. The Morgan fingerprint density at radius 2 is 1.86 bits per heavy atom. The van der Waals surface area contributed by atoms with E-state index in [1.807, 2.05) is 19.0 Å². The van der Waals surface area contributed by atoms with Gasteiger partial charge in [-0.15, -0.1) is 0 Å². The highest BCUT2D eigenvalue weighted by Gasteiger charge is 2.51. The van der Waals surface area contributed by atoms with Crippen molar-refractivity contribution in [2.75, 3.05) is 34.3 Å². The van der Waals surface area contributed by atoms with E-state index >= 15 is 0 Å². The smallest absolute Gasteiger partial charge is 0.291 e. The zero-order valence-corrected chi connectivity index (χ0v) is 16.9. The maximum absolute atomic E-state index is 13.2. The van der Waals surface area contributed by atoms with E-state index in [1.165, 1.54) is 4.90 Å². The molecule has 2 atom stereocenters. The van der Waals surface area contributed by atoms with Gasteiger partial charge < -0.3 is 14.5 Å². The quantitative estimate of drug-likeness (QED) is 0.386. The molecule has 0 bridgehead atoms. The molecule has 1 fully saturated rings. The molecule has 29 heavy (non-hydrogen) atoms. The number of ether oxygens (including phenoxy) is 1. The Morgan fingerprint density at radius 1 is 1.14 bits per heavy atom. The maximum Gasteiger partial charge on any atom is 0.291 e. The number of likely N-dealkylation sites (tertiary alicyclic amines) is 1. The van der Waals surface area contributed by atoms with E-state index in [-0.39, 0.29) is 5.78 Å². The molecule has 0 N–H and O–H groups in total. The lowest BCUT2D eigenvalue weighted by Gasteiger charge is -2.26. The Hall–Kier alpha value is -3.06. The van der Waals surface area contributed by atoms with Crippen molar-refractivity contribution in [3.05, 3.63) is 59.9 Å². The predicted molar refractivity (Wildman–Crippen MR) is 108 cm³/mol. The molecule has 3 rings (SSSR count). The number of pyridine rings is 1. The van der Waals surface area contributed by atoms with Crippen molar-refractivity contribution in [1.82, 2.24) is 14.8 Å². The highest BCUT2D eigenvalue weighted by molar-refractivity contribution is 6.44. The molecule has 1 aliphatic heterocycles. The van der Waals surface area contributed by atoms with E-state index < -0.39 is 23.7 Å². The monoisotopic (exact) mass is 395 g/mol. The average Bonchev–Trinajstić information content (AvgIpc) is 2.98. The number of carbonyl (C=O) groups is 3. The summed E-state index contributed by atoms with van der Waals surface area (Å²) in [4.78, 5) is 46.7. The van der Waals surface area contributed by atoms with Gasteiger partial charge in [-0.1, -0.05) is 6.07 Å². The number of hydrogen-bond donors (Lipinski definition) is 0. The van der Waals surface area contributed by atoms with Crippen LogP contribution in [0.15, 0.2) is 48.7 Å². The fourth-order valence-corrected chi connectivity index (χ4v) is 3.60. The first-order valence-corrected chi connectivity index (χ1v) is 9.52. The lowest BCUT2D eigenvalue weighted by atomic mass is 9.88. The van der Waals surface area contributed by atoms with Gasteiger partial charge in [0.2, 0.25) is 5.78 Å². The Bertz CT molecular complexity index is 881. The number of hydrogen-bond acceptors (Lipinski definition) is 6. The number of ketones is 2. The molecule has 1 aromatic carbocycles. The van der Waals surface area contributed by atoms with Crippen molar-refractivity contribution in [2.24, 2.45) is 5.92 Å². The summed E-state index contributed by atoms with van der Waals surface area (Å²) >= 11 is 0. The van der Waals surface area contributed by atoms with Gasteiger partial charge in [0.15, 0.2) is 5.78 Å². The van der Waals surface area contributed by atoms with Gasteiger partial charge in [0.05, 0.1) is 18.8 Å². The molecule has 0 aliphatic carbocycles. The first-order chi connectivity index (χ1) is 13.9. The van der Waals surface area contributed by atoms with Gasteiger partial charge in [0.25, 0.3) is 5.91 Å². The van der Waals surface area contributed by atoms with Gasteiger partial charge >= 0.3 is 0 Å². The molecule has 2 unspecified atom stereocenters. The summed E-state index contributed by atoms with van der Waals surface area (Å²) in [6.07, 6.45) is 2.30. The second-order valence-corrected chi connectivity index (χ2v) is 7.29. The molecule has 152 valence electrons. The third-order valence-corrected chi connectivity index (χ3v) is 5.06. The molecule has 1 saturated heterocycles. The number of rotatable bonds is 8. The van der Waals surface area contributed by atoms with E-state index in [4.69, 9.17) is 4.74 Å². The normalized spacial score (nSPS) is 19.1. The minimum Gasteiger partial charge on any atom is -0.497 e. The van der Waals surface area contributed by atoms with Crippen LogP contribution in [0, 0.1) is 5.92 Å². The van der Waals surface area contributed by atoms with Crippen LogP contribution in [0.2, 0.25) is 0 Å². The standard InChI is InChI=1S/C22H25N3O4/c1-24(2)13-6-14-25-19(17-7-4-5-12-23-17)18(21(27)22(25)28)20(26)15-8-10-16(29-3)11-9-15/h4-5,7-12,18-19H,6,13-14H2,1-3H3. The van der Waals surface area contributed by atoms with E-state index in [0.717, 1.165) is 6.54 Å². The Labute approximate surface area is 170 Å². The summed E-state index contributed by atoms with van der Waals surface area (Å²) in [6, 6.07) is 11.2. The highest BCUT2D eigenvalue weighted by Crippen LogP contribution is 2.37. The third kappa shape index (κ3) is 4.35. The SMILES string of the molecule is COc1ccc(C(=O)C2C(=O)C(=O)N(CCCN(C)C)C2c2ccccn2)cc1. The van der Waals surface area contributed by atoms with E-state index in [1.54, 1.807) is 55.8 Å². The molecular weight excluding hydrogens is 370 g/mol. The molecule has 7 heteroatoms. The lowest BCUT2D eigenvalue weighted by Crippen LogP contribution is -2.33. The predicted octanol–water partition coefficient (Wildman–Crippen LogP) is 1.99. The van der Waals surface area contributed by atoms with Gasteiger partial charge in [0.1, 0.15) is 11.7 Å². The lowest BCUT2D eigenvalue weighted by molar-refractivity contribution is -0.140. The van der Waals surface area contributed by atoms with Crippen LogP contribution >= 0.6 is 0 Å². The molecule has 7 nitrogen and oxygen atoms in total. The Balaban J connectivity index is 1.95. The van der Waals surface area contributed by atoms with Crippen LogP contribution in [-0.2, 0) is 9.59 Å². The van der Waals surface area contributed by atoms with Gasteiger partial charge in [-0.05, 0) is 63.5 Å². The van der Waals surface area contributed by atoms with Crippen molar-refractivity contribution in [3.8, 4) is 5.75 Å². The highest BCUT2D eigenvalue weighted by atomic mass is 16.5. The van der Waals surface area contributed by atoms with Crippen LogP contribution in [0.1, 0.15) is 28.5 Å². The summed E-state index contributed by atoms with van der Waals surface area (Å²) < 4.78 is 5.13. The van der Waals surface area contributed by atoms with E-state index in [9.17, 15) is 14.4 Å². The van der Waals surface area contributed by atoms with E-state index in [2.05, 4.69) is 4.98 Å². The van der Waals surface area contributed by atoms with Crippen LogP contribution in [0.4, 0.5) is 0 Å². The van der Waals surface area contributed by atoms with Crippen LogP contribution in [0.25, 0.3) is 0 Å². The number of nitrogens with zero attached hydrogens (tertiary/aromatic N) is 3. The minimum atomic E-state index is -1.11. The molecular formula is C22H25N3O4. The first-order valence-electron chi connectivity index (χ1n) is 9.52. The number of Topliss-reactive ketones (excluding diaryl/α,β-unsaturated/α-hetero) is 2. The molecule has 2 aromatic rings.